The van der Waals surface area contributed by atoms with E-state index in [4.69, 9.17) is 4.43 Å². The molecule has 1 atom stereocenters. The maximum atomic E-state index is 6.45. The minimum absolute atomic E-state index is 0.489. The van der Waals surface area contributed by atoms with Gasteiger partial charge in [0.25, 0.3) is 0 Å². The van der Waals surface area contributed by atoms with Crippen LogP contribution >= 0.6 is 0 Å². The topological polar surface area (TPSA) is 9.23 Å². The van der Waals surface area contributed by atoms with E-state index in [0.29, 0.717) is 6.10 Å². The second-order valence-corrected chi connectivity index (χ2v) is 10.5. The van der Waals surface area contributed by atoms with Crippen LogP contribution in [0.1, 0.15) is 79.6 Å². The lowest BCUT2D eigenvalue weighted by Gasteiger charge is -2.31. The van der Waals surface area contributed by atoms with E-state index in [-0.39, 0.29) is 0 Å². The molecule has 0 heterocycles. The summed E-state index contributed by atoms with van der Waals surface area (Å²) in [4.78, 5) is 0. The molecule has 1 nitrogen and oxygen atoms in total. The molecule has 0 saturated heterocycles. The molecule has 0 aliphatic rings. The van der Waals surface area contributed by atoms with E-state index in [1.165, 1.54) is 63.1 Å². The molecule has 0 spiro atoms. The molecule has 0 aliphatic carbocycles. The first-order chi connectivity index (χ1) is 8.64. The summed E-state index contributed by atoms with van der Waals surface area (Å²) in [5.41, 5.74) is 0. The predicted molar refractivity (Wildman–Crippen MR) is 85.7 cm³/mol. The minimum Gasteiger partial charge on any atom is -0.414 e. The Hall–Kier alpha value is 0.177. The van der Waals surface area contributed by atoms with Crippen molar-refractivity contribution in [1.29, 1.82) is 0 Å². The maximum Gasteiger partial charge on any atom is 0.192 e. The monoisotopic (exact) mass is 272 g/mol. The molecule has 0 saturated carbocycles. The zero-order valence-electron chi connectivity index (χ0n) is 13.6. The highest BCUT2D eigenvalue weighted by Gasteiger charge is 2.30. The Kier molecular flexibility index (Phi) is 11.1. The van der Waals surface area contributed by atoms with E-state index in [9.17, 15) is 0 Å². The zero-order valence-corrected chi connectivity index (χ0v) is 14.6. The molecule has 0 aromatic carbocycles. The van der Waals surface area contributed by atoms with Crippen LogP contribution in [-0.4, -0.2) is 14.4 Å². The van der Waals surface area contributed by atoms with E-state index in [2.05, 4.69) is 34.6 Å². The molecule has 0 amide bonds. The van der Waals surface area contributed by atoms with Gasteiger partial charge in [-0.15, -0.1) is 0 Å². The van der Waals surface area contributed by atoms with Gasteiger partial charge in [-0.2, -0.15) is 0 Å². The Bertz CT molecular complexity index is 170. The van der Waals surface area contributed by atoms with Crippen LogP contribution in [-0.2, 0) is 4.43 Å². The van der Waals surface area contributed by atoms with Crippen molar-refractivity contribution in [2.24, 2.45) is 0 Å². The summed E-state index contributed by atoms with van der Waals surface area (Å²) in [5, 5.41) is 0. The summed E-state index contributed by atoms with van der Waals surface area (Å²) in [7, 11) is -1.36. The normalized spacial score (nSPS) is 13.8. The third-order valence-electron chi connectivity index (χ3n) is 4.35. The fraction of sp³-hybridized carbons (Fsp3) is 1.00. The standard InChI is InChI=1S/C16H36OSi/c1-6-10-11-12-13-14-15-16(5)17-18(7-2,8-3)9-4/h16H,6-15H2,1-5H3. The van der Waals surface area contributed by atoms with Gasteiger partial charge < -0.3 is 4.43 Å². The molecule has 0 aliphatic heterocycles. The molecular weight excluding hydrogens is 236 g/mol. The summed E-state index contributed by atoms with van der Waals surface area (Å²) in [5.74, 6) is 0. The molecule has 0 bridgehead atoms. The van der Waals surface area contributed by atoms with Crippen LogP contribution in [0.25, 0.3) is 0 Å². The highest BCUT2D eigenvalue weighted by atomic mass is 28.4. The molecule has 0 aromatic rings. The van der Waals surface area contributed by atoms with Crippen LogP contribution in [0, 0.1) is 0 Å². The van der Waals surface area contributed by atoms with Gasteiger partial charge in [0.15, 0.2) is 8.32 Å². The Labute approximate surface area is 117 Å². The quantitative estimate of drug-likeness (QED) is 0.306. The SMILES string of the molecule is CCCCCCCCC(C)O[Si](CC)(CC)CC. The number of hydrogen-bond donors (Lipinski definition) is 0. The molecule has 0 fully saturated rings. The fourth-order valence-electron chi connectivity index (χ4n) is 2.70. The molecule has 0 N–H and O–H groups in total. The van der Waals surface area contributed by atoms with Gasteiger partial charge in [-0.3, -0.25) is 0 Å². The number of rotatable bonds is 12. The average molecular weight is 273 g/mol. The highest BCUT2D eigenvalue weighted by Crippen LogP contribution is 2.24. The van der Waals surface area contributed by atoms with Crippen LogP contribution in [0.3, 0.4) is 0 Å². The van der Waals surface area contributed by atoms with Crippen LogP contribution in [0.2, 0.25) is 18.1 Å². The summed E-state index contributed by atoms with van der Waals surface area (Å²) >= 11 is 0. The Morgan fingerprint density at radius 3 is 1.78 bits per heavy atom. The molecule has 0 aromatic heterocycles. The second-order valence-electron chi connectivity index (χ2n) is 5.73. The number of unbranched alkanes of at least 4 members (excludes halogenated alkanes) is 5. The van der Waals surface area contributed by atoms with Gasteiger partial charge >= 0.3 is 0 Å². The van der Waals surface area contributed by atoms with Gasteiger partial charge in [-0.25, -0.2) is 0 Å². The van der Waals surface area contributed by atoms with E-state index < -0.39 is 8.32 Å². The van der Waals surface area contributed by atoms with Crippen LogP contribution in [0.4, 0.5) is 0 Å². The smallest absolute Gasteiger partial charge is 0.192 e. The molecule has 2 heteroatoms. The average Bonchev–Trinajstić information content (AvgIpc) is 2.40. The van der Waals surface area contributed by atoms with Gasteiger partial charge in [0, 0.05) is 6.10 Å². The third kappa shape index (κ3) is 7.58. The van der Waals surface area contributed by atoms with Crippen LogP contribution < -0.4 is 0 Å². The van der Waals surface area contributed by atoms with Crippen molar-refractivity contribution in [2.45, 2.75) is 104 Å². The van der Waals surface area contributed by atoms with Gasteiger partial charge in [0.05, 0.1) is 0 Å². The van der Waals surface area contributed by atoms with Crippen molar-refractivity contribution < 1.29 is 4.43 Å². The molecule has 0 radical (unpaired) electrons. The van der Waals surface area contributed by atoms with Crippen LogP contribution in [0.5, 0.6) is 0 Å². The Morgan fingerprint density at radius 2 is 1.28 bits per heavy atom. The van der Waals surface area contributed by atoms with Gasteiger partial charge in [-0.05, 0) is 31.5 Å². The molecular formula is C16H36OSi. The van der Waals surface area contributed by atoms with Gasteiger partial charge in [0.2, 0.25) is 0 Å². The van der Waals surface area contributed by atoms with Crippen LogP contribution in [0.15, 0.2) is 0 Å². The molecule has 18 heavy (non-hydrogen) atoms. The third-order valence-corrected chi connectivity index (χ3v) is 9.12. The zero-order chi connectivity index (χ0) is 13.9. The molecule has 0 rings (SSSR count). The summed E-state index contributed by atoms with van der Waals surface area (Å²) in [6.45, 7) is 11.5. The van der Waals surface area contributed by atoms with Crippen molar-refractivity contribution in [2.75, 3.05) is 0 Å². The van der Waals surface area contributed by atoms with Crippen molar-refractivity contribution in [3.63, 3.8) is 0 Å². The van der Waals surface area contributed by atoms with Crippen molar-refractivity contribution in [3.8, 4) is 0 Å². The lowest BCUT2D eigenvalue weighted by atomic mass is 10.1. The summed E-state index contributed by atoms with van der Waals surface area (Å²) < 4.78 is 6.45. The van der Waals surface area contributed by atoms with E-state index >= 15 is 0 Å². The van der Waals surface area contributed by atoms with Crippen molar-refractivity contribution in [1.82, 2.24) is 0 Å². The summed E-state index contributed by atoms with van der Waals surface area (Å²) in [6, 6.07) is 3.84. The maximum absolute atomic E-state index is 6.45. The van der Waals surface area contributed by atoms with Gasteiger partial charge in [0.1, 0.15) is 0 Å². The van der Waals surface area contributed by atoms with E-state index in [1.807, 2.05) is 0 Å². The first-order valence-electron chi connectivity index (χ1n) is 8.31. The Morgan fingerprint density at radius 1 is 0.778 bits per heavy atom. The van der Waals surface area contributed by atoms with Gasteiger partial charge in [-0.1, -0.05) is 66.2 Å². The highest BCUT2D eigenvalue weighted by molar-refractivity contribution is 6.73. The summed E-state index contributed by atoms with van der Waals surface area (Å²) in [6.07, 6.45) is 10.1. The van der Waals surface area contributed by atoms with Crippen molar-refractivity contribution in [3.05, 3.63) is 0 Å². The first-order valence-corrected chi connectivity index (χ1v) is 10.8. The second kappa shape index (κ2) is 11.0. The Balaban J connectivity index is 3.72. The fourth-order valence-corrected chi connectivity index (χ4v) is 5.67. The number of hydrogen-bond acceptors (Lipinski definition) is 1. The lowest BCUT2D eigenvalue weighted by Crippen LogP contribution is -2.39. The van der Waals surface area contributed by atoms with E-state index in [0.717, 1.165) is 0 Å². The largest absolute Gasteiger partial charge is 0.414 e. The molecule has 1 unspecified atom stereocenters. The predicted octanol–water partition coefficient (Wildman–Crippen LogP) is 6.15. The first kappa shape index (κ1) is 18.2. The van der Waals surface area contributed by atoms with Crippen molar-refractivity contribution >= 4 is 8.32 Å². The lowest BCUT2D eigenvalue weighted by molar-refractivity contribution is 0.191. The molecule has 110 valence electrons. The minimum atomic E-state index is -1.36. The van der Waals surface area contributed by atoms with E-state index in [1.54, 1.807) is 0 Å².